The molecule has 0 bridgehead atoms. The van der Waals surface area contributed by atoms with Crippen LogP contribution >= 0.6 is 0 Å². The Hall–Kier alpha value is -2.84. The zero-order chi connectivity index (χ0) is 15.6. The van der Waals surface area contributed by atoms with E-state index in [-0.39, 0.29) is 11.4 Å². The van der Waals surface area contributed by atoms with E-state index in [4.69, 9.17) is 16.2 Å². The Labute approximate surface area is 116 Å². The fourth-order valence-electron chi connectivity index (χ4n) is 1.48. The van der Waals surface area contributed by atoms with Gasteiger partial charge in [0.1, 0.15) is 17.0 Å². The van der Waals surface area contributed by atoms with Crippen LogP contribution in [-0.2, 0) is 6.18 Å². The average Bonchev–Trinajstić information content (AvgIpc) is 2.40. The molecule has 0 aliphatic carbocycles. The summed E-state index contributed by atoms with van der Waals surface area (Å²) in [4.78, 5) is 18.2. The second-order valence-corrected chi connectivity index (χ2v) is 3.94. The number of anilines is 1. The Morgan fingerprint density at radius 1 is 1.24 bits per heavy atom. The zero-order valence-electron chi connectivity index (χ0n) is 10.4. The van der Waals surface area contributed by atoms with Gasteiger partial charge in [-0.25, -0.2) is 4.98 Å². The SMILES string of the molecule is NC(=O)c1ccnc(Oc2ccc(N)cc2C(F)(F)F)n1. The van der Waals surface area contributed by atoms with Crippen LogP contribution < -0.4 is 16.2 Å². The predicted octanol–water partition coefficient (Wildman–Crippen LogP) is 1.97. The summed E-state index contributed by atoms with van der Waals surface area (Å²) < 4.78 is 43.6. The normalized spacial score (nSPS) is 11.2. The van der Waals surface area contributed by atoms with Crippen molar-refractivity contribution in [2.45, 2.75) is 6.18 Å². The fourth-order valence-corrected chi connectivity index (χ4v) is 1.48. The summed E-state index contributed by atoms with van der Waals surface area (Å²) in [5.74, 6) is -1.38. The Bertz CT molecular complexity index is 688. The Morgan fingerprint density at radius 3 is 2.57 bits per heavy atom. The lowest BCUT2D eigenvalue weighted by atomic mass is 10.1. The molecule has 21 heavy (non-hydrogen) atoms. The number of alkyl halides is 3. The van der Waals surface area contributed by atoms with Gasteiger partial charge < -0.3 is 16.2 Å². The number of nitrogens with two attached hydrogens (primary N) is 2. The van der Waals surface area contributed by atoms with Crippen molar-refractivity contribution in [1.82, 2.24) is 9.97 Å². The fraction of sp³-hybridized carbons (Fsp3) is 0.0833. The Morgan fingerprint density at radius 2 is 1.95 bits per heavy atom. The molecule has 2 rings (SSSR count). The summed E-state index contributed by atoms with van der Waals surface area (Å²) in [6, 6.07) is 3.79. The molecule has 0 atom stereocenters. The lowest BCUT2D eigenvalue weighted by Crippen LogP contribution is -2.14. The Balaban J connectivity index is 2.40. The molecule has 110 valence electrons. The molecule has 6 nitrogen and oxygen atoms in total. The highest BCUT2D eigenvalue weighted by molar-refractivity contribution is 5.90. The van der Waals surface area contributed by atoms with Gasteiger partial charge in [0.05, 0.1) is 0 Å². The largest absolute Gasteiger partial charge is 0.424 e. The van der Waals surface area contributed by atoms with E-state index in [1.54, 1.807) is 0 Å². The minimum Gasteiger partial charge on any atom is -0.424 e. The smallest absolute Gasteiger partial charge is 0.420 e. The van der Waals surface area contributed by atoms with Gasteiger partial charge in [0, 0.05) is 11.9 Å². The second-order valence-electron chi connectivity index (χ2n) is 3.94. The molecule has 1 amide bonds. The minimum absolute atomic E-state index is 0.0681. The van der Waals surface area contributed by atoms with Crippen molar-refractivity contribution < 1.29 is 22.7 Å². The number of hydrogen-bond acceptors (Lipinski definition) is 5. The monoisotopic (exact) mass is 298 g/mol. The molecule has 0 spiro atoms. The van der Waals surface area contributed by atoms with Crippen LogP contribution in [0.5, 0.6) is 11.8 Å². The summed E-state index contributed by atoms with van der Waals surface area (Å²) in [5, 5.41) is 0. The first-order valence-corrected chi connectivity index (χ1v) is 5.55. The highest BCUT2D eigenvalue weighted by Gasteiger charge is 2.35. The van der Waals surface area contributed by atoms with E-state index in [1.165, 1.54) is 12.1 Å². The van der Waals surface area contributed by atoms with Crippen LogP contribution in [0.15, 0.2) is 30.5 Å². The molecule has 4 N–H and O–H groups in total. The van der Waals surface area contributed by atoms with Gasteiger partial charge in [-0.05, 0) is 24.3 Å². The van der Waals surface area contributed by atoms with E-state index in [9.17, 15) is 18.0 Å². The number of primary amides is 1. The van der Waals surface area contributed by atoms with Crippen LogP contribution in [0.25, 0.3) is 0 Å². The molecule has 0 fully saturated rings. The predicted molar refractivity (Wildman–Crippen MR) is 66.5 cm³/mol. The van der Waals surface area contributed by atoms with E-state index in [2.05, 4.69) is 9.97 Å². The highest BCUT2D eigenvalue weighted by Crippen LogP contribution is 2.38. The maximum absolute atomic E-state index is 12.9. The lowest BCUT2D eigenvalue weighted by Gasteiger charge is -2.13. The van der Waals surface area contributed by atoms with E-state index in [0.29, 0.717) is 0 Å². The van der Waals surface area contributed by atoms with Gasteiger partial charge in [0.25, 0.3) is 5.91 Å². The number of hydrogen-bond donors (Lipinski definition) is 2. The average molecular weight is 298 g/mol. The van der Waals surface area contributed by atoms with Crippen LogP contribution in [0.1, 0.15) is 16.1 Å². The second kappa shape index (κ2) is 5.27. The molecular formula is C12H9F3N4O2. The van der Waals surface area contributed by atoms with Gasteiger partial charge in [0.15, 0.2) is 0 Å². The van der Waals surface area contributed by atoms with Gasteiger partial charge in [-0.1, -0.05) is 0 Å². The first kappa shape index (κ1) is 14.6. The van der Waals surface area contributed by atoms with Gasteiger partial charge in [-0.3, -0.25) is 4.79 Å². The van der Waals surface area contributed by atoms with Gasteiger partial charge in [-0.2, -0.15) is 18.2 Å². The van der Waals surface area contributed by atoms with E-state index in [1.807, 2.05) is 0 Å². The number of aromatic nitrogens is 2. The summed E-state index contributed by atoms with van der Waals surface area (Å²) in [6.45, 7) is 0. The summed E-state index contributed by atoms with van der Waals surface area (Å²) in [6.07, 6.45) is -3.51. The standard InChI is InChI=1S/C12H9F3N4O2/c13-12(14,15)7-5-6(16)1-2-9(7)21-11-18-4-3-8(19-11)10(17)20/h1-5H,16H2,(H2,17,20). The van der Waals surface area contributed by atoms with Crippen molar-refractivity contribution in [3.63, 3.8) is 0 Å². The molecule has 0 aliphatic heterocycles. The number of carbonyl (C=O) groups is 1. The summed E-state index contributed by atoms with van der Waals surface area (Å²) in [7, 11) is 0. The molecule has 9 heteroatoms. The maximum atomic E-state index is 12.9. The molecule has 0 saturated carbocycles. The van der Waals surface area contributed by atoms with E-state index >= 15 is 0 Å². The van der Waals surface area contributed by atoms with Crippen molar-refractivity contribution in [3.8, 4) is 11.8 Å². The lowest BCUT2D eigenvalue weighted by molar-refractivity contribution is -0.138. The number of halogens is 3. The van der Waals surface area contributed by atoms with Crippen LogP contribution in [-0.4, -0.2) is 15.9 Å². The molecule has 0 saturated heterocycles. The van der Waals surface area contributed by atoms with Gasteiger partial charge >= 0.3 is 12.2 Å². The number of benzene rings is 1. The van der Waals surface area contributed by atoms with Crippen LogP contribution in [0.3, 0.4) is 0 Å². The van der Waals surface area contributed by atoms with Crippen molar-refractivity contribution in [3.05, 3.63) is 41.7 Å². The molecule has 1 aromatic carbocycles. The zero-order valence-corrected chi connectivity index (χ0v) is 10.4. The highest BCUT2D eigenvalue weighted by atomic mass is 19.4. The number of nitrogens with zero attached hydrogens (tertiary/aromatic N) is 2. The first-order chi connectivity index (χ1) is 9.77. The molecular weight excluding hydrogens is 289 g/mol. The third-order valence-electron chi connectivity index (χ3n) is 2.40. The Kier molecular flexibility index (Phi) is 3.66. The van der Waals surface area contributed by atoms with Crippen molar-refractivity contribution in [2.24, 2.45) is 5.73 Å². The number of ether oxygens (including phenoxy) is 1. The molecule has 1 aromatic heterocycles. The maximum Gasteiger partial charge on any atom is 0.420 e. The topological polar surface area (TPSA) is 104 Å². The molecule has 0 aliphatic rings. The molecule has 0 unspecified atom stereocenters. The summed E-state index contributed by atoms with van der Waals surface area (Å²) in [5.41, 5.74) is 9.03. The minimum atomic E-state index is -4.66. The quantitative estimate of drug-likeness (QED) is 0.843. The number of nitrogen functional groups attached to an aromatic ring is 1. The van der Waals surface area contributed by atoms with Crippen molar-refractivity contribution in [2.75, 3.05) is 5.73 Å². The van der Waals surface area contributed by atoms with Gasteiger partial charge in [0.2, 0.25) is 0 Å². The first-order valence-electron chi connectivity index (χ1n) is 5.55. The molecule has 1 heterocycles. The molecule has 2 aromatic rings. The number of amides is 1. The third-order valence-corrected chi connectivity index (χ3v) is 2.40. The van der Waals surface area contributed by atoms with E-state index < -0.39 is 29.4 Å². The third kappa shape index (κ3) is 3.38. The molecule has 0 radical (unpaired) electrons. The number of carbonyl (C=O) groups excluding carboxylic acids is 1. The number of rotatable bonds is 3. The van der Waals surface area contributed by atoms with E-state index in [0.717, 1.165) is 18.3 Å². The van der Waals surface area contributed by atoms with Crippen LogP contribution in [0.4, 0.5) is 18.9 Å². The van der Waals surface area contributed by atoms with Crippen LogP contribution in [0.2, 0.25) is 0 Å². The van der Waals surface area contributed by atoms with Crippen molar-refractivity contribution >= 4 is 11.6 Å². The van der Waals surface area contributed by atoms with Gasteiger partial charge in [-0.15, -0.1) is 0 Å². The summed E-state index contributed by atoms with van der Waals surface area (Å²) >= 11 is 0. The van der Waals surface area contributed by atoms with Crippen LogP contribution in [0, 0.1) is 0 Å². The van der Waals surface area contributed by atoms with Crippen molar-refractivity contribution in [1.29, 1.82) is 0 Å².